The number of H-pyrrole nitrogens is 1. The number of fused-ring (bicyclic) bond motifs is 2. The molecule has 5 nitrogen and oxygen atoms in total. The molecule has 5 heteroatoms. The number of aryl methyl sites for hydroxylation is 2. The number of nitrogens with zero attached hydrogens (tertiary/aromatic N) is 2. The van der Waals surface area contributed by atoms with Crippen LogP contribution < -0.4 is 5.32 Å². The summed E-state index contributed by atoms with van der Waals surface area (Å²) in [5, 5.41) is 9.77. The highest BCUT2D eigenvalue weighted by Gasteiger charge is 2.08. The summed E-state index contributed by atoms with van der Waals surface area (Å²) in [5.41, 5.74) is 4.66. The van der Waals surface area contributed by atoms with Crippen LogP contribution in [0, 0.1) is 6.92 Å². The van der Waals surface area contributed by atoms with Crippen molar-refractivity contribution in [1.29, 1.82) is 0 Å². The highest BCUT2D eigenvalue weighted by atomic mass is 16.1. The molecule has 4 rings (SSSR count). The molecule has 0 aliphatic carbocycles. The molecule has 2 N–H and O–H groups in total. The lowest BCUT2D eigenvalue weighted by Gasteiger charge is -2.07. The van der Waals surface area contributed by atoms with Gasteiger partial charge in [-0.25, -0.2) is 0 Å². The fraction of sp³-hybridized carbons (Fsp3) is 0.238. The van der Waals surface area contributed by atoms with E-state index >= 15 is 0 Å². The number of hydrogen-bond donors (Lipinski definition) is 2. The van der Waals surface area contributed by atoms with Gasteiger partial charge < -0.3 is 10.3 Å². The number of para-hydroxylation sites is 2. The maximum atomic E-state index is 12.2. The van der Waals surface area contributed by atoms with Gasteiger partial charge in [-0.3, -0.25) is 9.48 Å². The molecule has 0 saturated carbocycles. The molecule has 0 atom stereocenters. The number of nitrogens with one attached hydrogen (secondary N) is 2. The van der Waals surface area contributed by atoms with E-state index in [0.717, 1.165) is 22.8 Å². The Balaban J connectivity index is 1.31. The van der Waals surface area contributed by atoms with E-state index in [1.54, 1.807) is 0 Å². The van der Waals surface area contributed by atoms with Crippen LogP contribution in [-0.2, 0) is 17.8 Å². The van der Waals surface area contributed by atoms with Gasteiger partial charge in [0.15, 0.2) is 0 Å². The predicted octanol–water partition coefficient (Wildman–Crippen LogP) is 3.58. The molecular formula is C21H22N4O. The molecule has 1 amide bonds. The Hall–Kier alpha value is -3.08. The Labute approximate surface area is 152 Å². The standard InChI is InChI=1S/C21H22N4O/c1-15-5-4-6-17-14-24-25(21(15)17)12-10-20(26)22-11-9-16-13-23-19-8-3-2-7-18(16)19/h2-8,13-14,23H,9-12H2,1H3,(H,22,26). The summed E-state index contributed by atoms with van der Waals surface area (Å²) in [7, 11) is 0. The van der Waals surface area contributed by atoms with Gasteiger partial charge >= 0.3 is 0 Å². The quantitative estimate of drug-likeness (QED) is 0.560. The molecule has 0 aliphatic rings. The maximum absolute atomic E-state index is 12.2. The van der Waals surface area contributed by atoms with Crippen molar-refractivity contribution in [2.75, 3.05) is 6.54 Å². The Bertz CT molecular complexity index is 1060. The predicted molar refractivity (Wildman–Crippen MR) is 104 cm³/mol. The fourth-order valence-corrected chi connectivity index (χ4v) is 3.47. The zero-order valence-electron chi connectivity index (χ0n) is 14.8. The molecule has 0 saturated heterocycles. The number of carbonyl (C=O) groups excluding carboxylic acids is 1. The smallest absolute Gasteiger partial charge is 0.221 e. The second-order valence-corrected chi connectivity index (χ2v) is 6.59. The van der Waals surface area contributed by atoms with Crippen LogP contribution in [0.3, 0.4) is 0 Å². The molecule has 0 radical (unpaired) electrons. The largest absolute Gasteiger partial charge is 0.361 e. The third-order valence-electron chi connectivity index (χ3n) is 4.81. The van der Waals surface area contributed by atoms with E-state index in [-0.39, 0.29) is 5.91 Å². The second kappa shape index (κ2) is 7.04. The summed E-state index contributed by atoms with van der Waals surface area (Å²) in [5.74, 6) is 0.0575. The monoisotopic (exact) mass is 346 g/mol. The molecular weight excluding hydrogens is 324 g/mol. The van der Waals surface area contributed by atoms with Gasteiger partial charge in [-0.2, -0.15) is 5.10 Å². The van der Waals surface area contributed by atoms with E-state index in [4.69, 9.17) is 0 Å². The fourth-order valence-electron chi connectivity index (χ4n) is 3.47. The first-order chi connectivity index (χ1) is 12.7. The molecule has 26 heavy (non-hydrogen) atoms. The highest BCUT2D eigenvalue weighted by molar-refractivity contribution is 5.83. The summed E-state index contributed by atoms with van der Waals surface area (Å²) >= 11 is 0. The van der Waals surface area contributed by atoms with Gasteiger partial charge in [0.25, 0.3) is 0 Å². The number of rotatable bonds is 6. The molecule has 2 aromatic carbocycles. The van der Waals surface area contributed by atoms with E-state index in [1.807, 2.05) is 41.3 Å². The van der Waals surface area contributed by atoms with Crippen LogP contribution in [-0.4, -0.2) is 27.2 Å². The highest BCUT2D eigenvalue weighted by Crippen LogP contribution is 2.18. The molecule has 0 spiro atoms. The summed E-state index contributed by atoms with van der Waals surface area (Å²) in [4.78, 5) is 15.5. The van der Waals surface area contributed by atoms with Crippen molar-refractivity contribution >= 4 is 27.7 Å². The van der Waals surface area contributed by atoms with Crippen LogP contribution >= 0.6 is 0 Å². The van der Waals surface area contributed by atoms with Crippen molar-refractivity contribution in [3.05, 3.63) is 66.0 Å². The molecule has 0 aliphatic heterocycles. The normalized spacial score (nSPS) is 11.3. The molecule has 2 aromatic heterocycles. The Morgan fingerprint density at radius 3 is 3.00 bits per heavy atom. The summed E-state index contributed by atoms with van der Waals surface area (Å²) < 4.78 is 1.92. The maximum Gasteiger partial charge on any atom is 0.221 e. The number of amides is 1. The zero-order chi connectivity index (χ0) is 17.9. The molecule has 132 valence electrons. The van der Waals surface area contributed by atoms with Crippen molar-refractivity contribution in [3.8, 4) is 0 Å². The minimum absolute atomic E-state index is 0.0575. The van der Waals surface area contributed by atoms with Crippen LogP contribution in [0.25, 0.3) is 21.8 Å². The second-order valence-electron chi connectivity index (χ2n) is 6.59. The van der Waals surface area contributed by atoms with Crippen molar-refractivity contribution in [2.24, 2.45) is 0 Å². The molecule has 0 fully saturated rings. The van der Waals surface area contributed by atoms with E-state index in [1.165, 1.54) is 16.5 Å². The average Bonchev–Trinajstić information content (AvgIpc) is 3.25. The molecule has 4 aromatic rings. The number of carbonyl (C=O) groups is 1. The van der Waals surface area contributed by atoms with Crippen molar-refractivity contribution in [1.82, 2.24) is 20.1 Å². The first-order valence-corrected chi connectivity index (χ1v) is 8.95. The topological polar surface area (TPSA) is 62.7 Å². The summed E-state index contributed by atoms with van der Waals surface area (Å²) in [6.45, 7) is 3.30. The first-order valence-electron chi connectivity index (χ1n) is 8.95. The lowest BCUT2D eigenvalue weighted by molar-refractivity contribution is -0.121. The van der Waals surface area contributed by atoms with Gasteiger partial charge in [0.1, 0.15) is 0 Å². The zero-order valence-corrected chi connectivity index (χ0v) is 14.8. The SMILES string of the molecule is Cc1cccc2cnn(CCC(=O)NCCc3c[nH]c4ccccc34)c12. The number of aromatic amines is 1. The van der Waals surface area contributed by atoms with Gasteiger partial charge in [0.05, 0.1) is 18.3 Å². The Morgan fingerprint density at radius 2 is 2.08 bits per heavy atom. The van der Waals surface area contributed by atoms with Crippen LogP contribution in [0.1, 0.15) is 17.5 Å². The van der Waals surface area contributed by atoms with Gasteiger partial charge in [-0.1, -0.05) is 36.4 Å². The Morgan fingerprint density at radius 1 is 1.19 bits per heavy atom. The summed E-state index contributed by atoms with van der Waals surface area (Å²) in [6, 6.07) is 14.4. The van der Waals surface area contributed by atoms with Gasteiger partial charge in [0, 0.05) is 35.5 Å². The molecule has 0 unspecified atom stereocenters. The van der Waals surface area contributed by atoms with Crippen LogP contribution in [0.4, 0.5) is 0 Å². The van der Waals surface area contributed by atoms with Gasteiger partial charge in [-0.05, 0) is 30.5 Å². The number of hydrogen-bond acceptors (Lipinski definition) is 2. The minimum atomic E-state index is 0.0575. The third-order valence-corrected chi connectivity index (χ3v) is 4.81. The Kier molecular flexibility index (Phi) is 4.44. The first kappa shape index (κ1) is 16.4. The number of benzene rings is 2. The van der Waals surface area contributed by atoms with E-state index in [2.05, 4.69) is 40.5 Å². The molecule has 2 heterocycles. The van der Waals surface area contributed by atoms with Crippen molar-refractivity contribution in [3.63, 3.8) is 0 Å². The van der Waals surface area contributed by atoms with Crippen molar-refractivity contribution < 1.29 is 4.79 Å². The average molecular weight is 346 g/mol. The van der Waals surface area contributed by atoms with Crippen LogP contribution in [0.2, 0.25) is 0 Å². The van der Waals surface area contributed by atoms with Gasteiger partial charge in [0.2, 0.25) is 5.91 Å². The van der Waals surface area contributed by atoms with Crippen LogP contribution in [0.5, 0.6) is 0 Å². The number of aromatic nitrogens is 3. The molecule has 0 bridgehead atoms. The lowest BCUT2D eigenvalue weighted by atomic mass is 10.1. The van der Waals surface area contributed by atoms with Crippen molar-refractivity contribution in [2.45, 2.75) is 26.3 Å². The van der Waals surface area contributed by atoms with E-state index in [9.17, 15) is 4.79 Å². The third kappa shape index (κ3) is 3.20. The lowest BCUT2D eigenvalue weighted by Crippen LogP contribution is -2.26. The summed E-state index contributed by atoms with van der Waals surface area (Å²) in [6.07, 6.45) is 5.13. The van der Waals surface area contributed by atoms with Gasteiger partial charge in [-0.15, -0.1) is 0 Å². The minimum Gasteiger partial charge on any atom is -0.361 e. The van der Waals surface area contributed by atoms with E-state index < -0.39 is 0 Å². The van der Waals surface area contributed by atoms with E-state index in [0.29, 0.717) is 19.5 Å². The van der Waals surface area contributed by atoms with Crippen LogP contribution in [0.15, 0.2) is 54.9 Å².